The minimum Gasteiger partial charge on any atom is -0.508 e. The lowest BCUT2D eigenvalue weighted by atomic mass is 9.93. The number of halogens is 1. The van der Waals surface area contributed by atoms with E-state index in [-0.39, 0.29) is 23.6 Å². The molecule has 0 spiro atoms. The standard InChI is InChI=1S/C17H20ClNO3/c18-16-10-15(21)4-1-11(16)9-12-7-8-19(17(12)22)13-2-5-14(20)6-3-13/h1,4,10,12-13,21H,2-3,5-9H2. The van der Waals surface area contributed by atoms with Crippen molar-refractivity contribution in [2.75, 3.05) is 6.54 Å². The monoisotopic (exact) mass is 321 g/mol. The van der Waals surface area contributed by atoms with Crippen molar-refractivity contribution in [1.29, 1.82) is 0 Å². The lowest BCUT2D eigenvalue weighted by molar-refractivity contribution is -0.135. The number of aromatic hydroxyl groups is 1. The molecular weight excluding hydrogens is 302 g/mol. The normalized spacial score (nSPS) is 23.3. The van der Waals surface area contributed by atoms with Crippen LogP contribution >= 0.6 is 11.6 Å². The molecule has 1 unspecified atom stereocenters. The van der Waals surface area contributed by atoms with Gasteiger partial charge in [-0.2, -0.15) is 0 Å². The van der Waals surface area contributed by atoms with Crippen LogP contribution in [-0.2, 0) is 16.0 Å². The Kier molecular flexibility index (Phi) is 4.39. The third-order valence-corrected chi connectivity index (χ3v) is 5.16. The number of amides is 1. The SMILES string of the molecule is O=C1CCC(N2CCC(Cc3ccc(O)cc3Cl)C2=O)CC1. The number of carbonyl (C=O) groups is 2. The molecule has 0 radical (unpaired) electrons. The highest BCUT2D eigenvalue weighted by atomic mass is 35.5. The molecule has 5 heteroatoms. The van der Waals surface area contributed by atoms with Crippen LogP contribution in [0.1, 0.15) is 37.7 Å². The van der Waals surface area contributed by atoms with Crippen molar-refractivity contribution in [3.63, 3.8) is 0 Å². The minimum atomic E-state index is -0.0420. The Morgan fingerprint density at radius 3 is 2.59 bits per heavy atom. The minimum absolute atomic E-state index is 0.0420. The highest BCUT2D eigenvalue weighted by Crippen LogP contribution is 2.31. The van der Waals surface area contributed by atoms with Gasteiger partial charge in [-0.05, 0) is 43.4 Å². The van der Waals surface area contributed by atoms with E-state index in [2.05, 4.69) is 0 Å². The Bertz CT molecular complexity index is 592. The fraction of sp³-hybridized carbons (Fsp3) is 0.529. The van der Waals surface area contributed by atoms with Crippen LogP contribution in [0.2, 0.25) is 5.02 Å². The summed E-state index contributed by atoms with van der Waals surface area (Å²) in [5, 5.41) is 9.91. The number of Topliss-reactive ketones (excluding diaryl/α,β-unsaturated/α-hetero) is 1. The van der Waals surface area contributed by atoms with Crippen LogP contribution in [0.4, 0.5) is 0 Å². The van der Waals surface area contributed by atoms with Crippen molar-refractivity contribution in [2.45, 2.75) is 44.6 Å². The Morgan fingerprint density at radius 2 is 1.91 bits per heavy atom. The van der Waals surface area contributed by atoms with E-state index in [1.54, 1.807) is 12.1 Å². The van der Waals surface area contributed by atoms with Crippen LogP contribution in [-0.4, -0.2) is 34.3 Å². The van der Waals surface area contributed by atoms with E-state index in [0.717, 1.165) is 31.4 Å². The summed E-state index contributed by atoms with van der Waals surface area (Å²) in [5.41, 5.74) is 0.901. The zero-order valence-corrected chi connectivity index (χ0v) is 13.2. The van der Waals surface area contributed by atoms with E-state index in [9.17, 15) is 14.7 Å². The van der Waals surface area contributed by atoms with E-state index in [4.69, 9.17) is 11.6 Å². The van der Waals surface area contributed by atoms with Crippen LogP contribution in [0, 0.1) is 5.92 Å². The summed E-state index contributed by atoms with van der Waals surface area (Å²) in [7, 11) is 0. The number of rotatable bonds is 3. The molecular formula is C17H20ClNO3. The number of hydrogen-bond donors (Lipinski definition) is 1. The molecule has 118 valence electrons. The number of ketones is 1. The van der Waals surface area contributed by atoms with Gasteiger partial charge in [0.05, 0.1) is 0 Å². The largest absolute Gasteiger partial charge is 0.508 e. The van der Waals surface area contributed by atoms with E-state index < -0.39 is 0 Å². The molecule has 1 aromatic rings. The molecule has 2 fully saturated rings. The smallest absolute Gasteiger partial charge is 0.226 e. The topological polar surface area (TPSA) is 57.6 Å². The van der Waals surface area contributed by atoms with Crippen LogP contribution in [0.3, 0.4) is 0 Å². The van der Waals surface area contributed by atoms with E-state index >= 15 is 0 Å². The van der Waals surface area contributed by atoms with Gasteiger partial charge in [-0.25, -0.2) is 0 Å². The maximum Gasteiger partial charge on any atom is 0.226 e. The van der Waals surface area contributed by atoms with Crippen LogP contribution < -0.4 is 0 Å². The lowest BCUT2D eigenvalue weighted by Gasteiger charge is -2.30. The van der Waals surface area contributed by atoms with Crippen LogP contribution in [0.5, 0.6) is 5.75 Å². The highest BCUT2D eigenvalue weighted by molar-refractivity contribution is 6.31. The Labute approximate surface area is 135 Å². The number of phenols is 1. The van der Waals surface area contributed by atoms with Crippen molar-refractivity contribution < 1.29 is 14.7 Å². The van der Waals surface area contributed by atoms with Gasteiger partial charge in [0.15, 0.2) is 0 Å². The molecule has 2 aliphatic rings. The Hall–Kier alpha value is -1.55. The van der Waals surface area contributed by atoms with Gasteiger partial charge in [-0.3, -0.25) is 9.59 Å². The van der Waals surface area contributed by atoms with Gasteiger partial charge in [0.1, 0.15) is 11.5 Å². The summed E-state index contributed by atoms with van der Waals surface area (Å²) in [4.78, 5) is 25.9. The average molecular weight is 322 g/mol. The van der Waals surface area contributed by atoms with Crippen molar-refractivity contribution in [3.05, 3.63) is 28.8 Å². The van der Waals surface area contributed by atoms with E-state index in [0.29, 0.717) is 30.1 Å². The van der Waals surface area contributed by atoms with Crippen molar-refractivity contribution in [1.82, 2.24) is 4.90 Å². The second kappa shape index (κ2) is 6.29. The molecule has 1 heterocycles. The van der Waals surface area contributed by atoms with Gasteiger partial charge >= 0.3 is 0 Å². The summed E-state index contributed by atoms with van der Waals surface area (Å²) in [6.07, 6.45) is 4.25. The van der Waals surface area contributed by atoms with Gasteiger partial charge in [-0.1, -0.05) is 17.7 Å². The molecule has 1 aromatic carbocycles. The molecule has 1 aliphatic carbocycles. The van der Waals surface area contributed by atoms with Crippen molar-refractivity contribution in [3.8, 4) is 5.75 Å². The molecule has 1 amide bonds. The fourth-order valence-electron chi connectivity index (χ4n) is 3.52. The number of phenolic OH excluding ortho intramolecular Hbond substituents is 1. The maximum absolute atomic E-state index is 12.6. The first-order valence-electron chi connectivity index (χ1n) is 7.84. The zero-order valence-electron chi connectivity index (χ0n) is 12.4. The molecule has 0 bridgehead atoms. The first-order valence-corrected chi connectivity index (χ1v) is 8.22. The van der Waals surface area contributed by atoms with Gasteiger partial charge in [0.25, 0.3) is 0 Å². The predicted molar refractivity (Wildman–Crippen MR) is 83.9 cm³/mol. The quantitative estimate of drug-likeness (QED) is 0.931. The first kappa shape index (κ1) is 15.3. The maximum atomic E-state index is 12.6. The van der Waals surface area contributed by atoms with E-state index in [1.807, 2.05) is 4.90 Å². The number of nitrogens with zero attached hydrogens (tertiary/aromatic N) is 1. The molecule has 1 saturated carbocycles. The average Bonchev–Trinajstić information content (AvgIpc) is 2.84. The number of benzene rings is 1. The third kappa shape index (κ3) is 3.12. The summed E-state index contributed by atoms with van der Waals surface area (Å²) in [5.74, 6) is 0.596. The van der Waals surface area contributed by atoms with Crippen LogP contribution in [0.15, 0.2) is 18.2 Å². The molecule has 1 N–H and O–H groups in total. The summed E-state index contributed by atoms with van der Waals surface area (Å²) >= 11 is 6.13. The van der Waals surface area contributed by atoms with Crippen molar-refractivity contribution in [2.24, 2.45) is 5.92 Å². The molecule has 1 atom stereocenters. The predicted octanol–water partition coefficient (Wildman–Crippen LogP) is 2.95. The summed E-state index contributed by atoms with van der Waals surface area (Å²) in [6, 6.07) is 5.13. The lowest BCUT2D eigenvalue weighted by Crippen LogP contribution is -2.40. The van der Waals surface area contributed by atoms with Gasteiger partial charge in [0, 0.05) is 36.4 Å². The van der Waals surface area contributed by atoms with Crippen LogP contribution in [0.25, 0.3) is 0 Å². The van der Waals surface area contributed by atoms with Crippen molar-refractivity contribution >= 4 is 23.3 Å². The molecule has 1 saturated heterocycles. The summed E-state index contributed by atoms with van der Waals surface area (Å²) in [6.45, 7) is 0.776. The Morgan fingerprint density at radius 1 is 1.18 bits per heavy atom. The van der Waals surface area contributed by atoms with Gasteiger partial charge in [-0.15, -0.1) is 0 Å². The number of hydrogen-bond acceptors (Lipinski definition) is 3. The second-order valence-corrected chi connectivity index (χ2v) is 6.67. The number of carbonyl (C=O) groups excluding carboxylic acids is 2. The molecule has 1 aliphatic heterocycles. The molecule has 22 heavy (non-hydrogen) atoms. The second-order valence-electron chi connectivity index (χ2n) is 6.27. The van der Waals surface area contributed by atoms with Gasteiger partial charge in [0.2, 0.25) is 5.91 Å². The first-order chi connectivity index (χ1) is 10.5. The highest BCUT2D eigenvalue weighted by Gasteiger charge is 2.37. The van der Waals surface area contributed by atoms with Gasteiger partial charge < -0.3 is 10.0 Å². The fourth-order valence-corrected chi connectivity index (χ4v) is 3.77. The third-order valence-electron chi connectivity index (χ3n) is 4.81. The number of likely N-dealkylation sites (tertiary alicyclic amines) is 1. The molecule has 0 aromatic heterocycles. The zero-order chi connectivity index (χ0) is 15.7. The molecule has 4 nitrogen and oxygen atoms in total. The van der Waals surface area contributed by atoms with E-state index in [1.165, 1.54) is 6.07 Å². The summed E-state index contributed by atoms with van der Waals surface area (Å²) < 4.78 is 0. The molecule has 3 rings (SSSR count). The Balaban J connectivity index is 1.65.